The molecule has 0 spiro atoms. The van der Waals surface area contributed by atoms with Gasteiger partial charge in [0.1, 0.15) is 5.60 Å². The Kier molecular flexibility index (Phi) is 5.08. The lowest BCUT2D eigenvalue weighted by molar-refractivity contribution is -0.135. The number of piperidine rings is 1. The fourth-order valence-corrected chi connectivity index (χ4v) is 6.23. The lowest BCUT2D eigenvalue weighted by atomic mass is 9.63. The Hall–Kier alpha value is -2.10. The molecule has 1 aliphatic carbocycles. The topological polar surface area (TPSA) is 79.7 Å². The Bertz CT molecular complexity index is 1020. The molecule has 2 atom stereocenters. The summed E-state index contributed by atoms with van der Waals surface area (Å²) >= 11 is 0. The fraction of sp³-hybridized carbons (Fsp3) is 0.450. The average Bonchev–Trinajstić information content (AvgIpc) is 2.67. The van der Waals surface area contributed by atoms with E-state index >= 15 is 0 Å². The monoisotopic (exact) mass is 424 g/mol. The van der Waals surface area contributed by atoms with Crippen LogP contribution < -0.4 is 4.74 Å². The number of nitrogens with zero attached hydrogens (tertiary/aromatic N) is 2. The number of hydrogen-bond donors (Lipinski definition) is 1. The molecular weight excluding hydrogens is 402 g/mol. The third-order valence-electron chi connectivity index (χ3n) is 6.15. The largest absolute Gasteiger partial charge is 0.494 e. The predicted molar refractivity (Wildman–Crippen MR) is 101 cm³/mol. The molecule has 1 saturated carbocycles. The van der Waals surface area contributed by atoms with Crippen molar-refractivity contribution in [2.45, 2.75) is 29.8 Å². The zero-order valence-corrected chi connectivity index (χ0v) is 16.7. The maximum Gasteiger partial charge on any atom is 0.243 e. The van der Waals surface area contributed by atoms with E-state index in [9.17, 15) is 22.3 Å². The number of halogens is 2. The van der Waals surface area contributed by atoms with Crippen LogP contribution in [0.1, 0.15) is 24.8 Å². The second-order valence-corrected chi connectivity index (χ2v) is 9.55. The predicted octanol–water partition coefficient (Wildman–Crippen LogP) is 2.68. The zero-order valence-electron chi connectivity index (χ0n) is 15.9. The molecule has 2 fully saturated rings. The molecule has 0 amide bonds. The van der Waals surface area contributed by atoms with Crippen LogP contribution in [0.25, 0.3) is 0 Å². The first-order valence-electron chi connectivity index (χ1n) is 9.45. The van der Waals surface area contributed by atoms with Crippen LogP contribution in [-0.4, -0.2) is 43.0 Å². The first-order valence-corrected chi connectivity index (χ1v) is 10.9. The smallest absolute Gasteiger partial charge is 0.243 e. The highest BCUT2D eigenvalue weighted by molar-refractivity contribution is 7.89. The second kappa shape index (κ2) is 7.30. The summed E-state index contributed by atoms with van der Waals surface area (Å²) in [5.41, 5.74) is -1.37. The summed E-state index contributed by atoms with van der Waals surface area (Å²) in [5, 5.41) is 11.5. The van der Waals surface area contributed by atoms with Gasteiger partial charge in [0.25, 0.3) is 0 Å². The molecule has 1 aromatic heterocycles. The van der Waals surface area contributed by atoms with Gasteiger partial charge in [-0.3, -0.25) is 0 Å². The van der Waals surface area contributed by atoms with Crippen molar-refractivity contribution in [1.82, 2.24) is 9.29 Å². The minimum Gasteiger partial charge on any atom is -0.494 e. The fourth-order valence-electron chi connectivity index (χ4n) is 4.69. The van der Waals surface area contributed by atoms with Crippen LogP contribution in [0.3, 0.4) is 0 Å². The molecule has 2 unspecified atom stereocenters. The third-order valence-corrected chi connectivity index (χ3v) is 7.98. The molecule has 156 valence electrons. The number of aromatic nitrogens is 1. The molecule has 1 aromatic carbocycles. The highest BCUT2D eigenvalue weighted by atomic mass is 32.2. The average molecular weight is 424 g/mol. The Morgan fingerprint density at radius 2 is 1.90 bits per heavy atom. The van der Waals surface area contributed by atoms with Crippen molar-refractivity contribution in [2.24, 2.45) is 11.8 Å². The number of hydrogen-bond acceptors (Lipinski definition) is 5. The van der Waals surface area contributed by atoms with Gasteiger partial charge in [0.15, 0.2) is 11.6 Å². The number of fused-ring (bicyclic) bond motifs is 2. The molecule has 2 heterocycles. The van der Waals surface area contributed by atoms with Gasteiger partial charge in [0.05, 0.1) is 12.0 Å². The highest BCUT2D eigenvalue weighted by Crippen LogP contribution is 2.50. The highest BCUT2D eigenvalue weighted by Gasteiger charge is 2.54. The third kappa shape index (κ3) is 3.21. The van der Waals surface area contributed by atoms with Crippen molar-refractivity contribution in [3.8, 4) is 5.75 Å². The molecular formula is C20H22F2N2O4S. The van der Waals surface area contributed by atoms with Gasteiger partial charge in [-0.1, -0.05) is 12.5 Å². The number of pyridine rings is 1. The number of methoxy groups -OCH3 is 1. The quantitative estimate of drug-likeness (QED) is 0.764. The van der Waals surface area contributed by atoms with Crippen molar-refractivity contribution < 1.29 is 27.0 Å². The first-order chi connectivity index (χ1) is 13.8. The molecule has 2 aliphatic rings. The molecule has 0 radical (unpaired) electrons. The van der Waals surface area contributed by atoms with Crippen molar-refractivity contribution >= 4 is 10.0 Å². The van der Waals surface area contributed by atoms with Gasteiger partial charge in [0.2, 0.25) is 16.0 Å². The molecule has 1 saturated heterocycles. The summed E-state index contributed by atoms with van der Waals surface area (Å²) in [7, 11) is -2.67. The molecule has 1 N–H and O–H groups in total. The SMILES string of the molecule is COc1ccc(S(=O)(=O)N2CC3CCCC(C2)C3(O)c2cccnc2F)cc1F. The standard InChI is InChI=1S/C20H22F2N2O4S/c1-28-18-8-7-15(10-17(18)21)29(26,27)24-11-13-4-2-5-14(12-24)20(13,25)16-6-3-9-23-19(16)22/h3,6-10,13-14,25H,2,4-5,11-12H2,1H3. The van der Waals surface area contributed by atoms with E-state index in [2.05, 4.69) is 4.98 Å². The van der Waals surface area contributed by atoms with Gasteiger partial charge in [-0.2, -0.15) is 8.70 Å². The van der Waals surface area contributed by atoms with Crippen LogP contribution in [0.2, 0.25) is 0 Å². The maximum atomic E-state index is 14.4. The number of aliphatic hydroxyl groups is 1. The Morgan fingerprint density at radius 3 is 2.48 bits per heavy atom. The normalized spacial score (nSPS) is 27.6. The Morgan fingerprint density at radius 1 is 1.21 bits per heavy atom. The lowest BCUT2D eigenvalue weighted by Crippen LogP contribution is -2.59. The molecule has 9 heteroatoms. The summed E-state index contributed by atoms with van der Waals surface area (Å²) in [4.78, 5) is 3.48. The van der Waals surface area contributed by atoms with Crippen LogP contribution in [0.5, 0.6) is 5.75 Å². The van der Waals surface area contributed by atoms with Gasteiger partial charge in [0, 0.05) is 36.7 Å². The lowest BCUT2D eigenvalue weighted by Gasteiger charge is -2.52. The summed E-state index contributed by atoms with van der Waals surface area (Å²) in [5.74, 6) is -2.50. The zero-order chi connectivity index (χ0) is 20.8. The number of ether oxygens (including phenoxy) is 1. The van der Waals surface area contributed by atoms with Crippen LogP contribution in [0.4, 0.5) is 8.78 Å². The number of rotatable bonds is 4. The van der Waals surface area contributed by atoms with Crippen molar-refractivity contribution in [2.75, 3.05) is 20.2 Å². The van der Waals surface area contributed by atoms with Crippen LogP contribution in [-0.2, 0) is 15.6 Å². The summed E-state index contributed by atoms with van der Waals surface area (Å²) < 4.78 is 60.8. The van der Waals surface area contributed by atoms with Gasteiger partial charge in [-0.15, -0.1) is 0 Å². The molecule has 29 heavy (non-hydrogen) atoms. The molecule has 2 bridgehead atoms. The summed E-state index contributed by atoms with van der Waals surface area (Å²) in [6.07, 6.45) is 3.26. The van der Waals surface area contributed by atoms with Crippen molar-refractivity contribution in [3.63, 3.8) is 0 Å². The Balaban J connectivity index is 1.68. The van der Waals surface area contributed by atoms with Crippen molar-refractivity contribution in [3.05, 3.63) is 53.9 Å². The number of sulfonamides is 1. The first kappa shape index (κ1) is 20.2. The number of benzene rings is 1. The molecule has 2 aromatic rings. The van der Waals surface area contributed by atoms with E-state index in [1.54, 1.807) is 6.07 Å². The maximum absolute atomic E-state index is 14.4. The Labute approximate surface area is 168 Å². The van der Waals surface area contributed by atoms with Crippen molar-refractivity contribution in [1.29, 1.82) is 0 Å². The van der Waals surface area contributed by atoms with Gasteiger partial charge >= 0.3 is 0 Å². The van der Waals surface area contributed by atoms with Gasteiger partial charge in [-0.25, -0.2) is 17.8 Å². The second-order valence-electron chi connectivity index (χ2n) is 7.61. The summed E-state index contributed by atoms with van der Waals surface area (Å²) in [6, 6.07) is 6.58. The molecule has 4 rings (SSSR count). The van der Waals surface area contributed by atoms with E-state index in [4.69, 9.17) is 4.74 Å². The van der Waals surface area contributed by atoms with Crippen LogP contribution >= 0.6 is 0 Å². The summed E-state index contributed by atoms with van der Waals surface area (Å²) in [6.45, 7) is 0.0502. The van der Waals surface area contributed by atoms with E-state index in [1.807, 2.05) is 0 Å². The molecule has 1 aliphatic heterocycles. The van der Waals surface area contributed by atoms with E-state index in [0.717, 1.165) is 12.5 Å². The van der Waals surface area contributed by atoms with E-state index < -0.39 is 39.2 Å². The van der Waals surface area contributed by atoms with E-state index in [1.165, 1.54) is 35.8 Å². The minimum absolute atomic E-state index is 0.0251. The van der Waals surface area contributed by atoms with E-state index in [0.29, 0.717) is 12.8 Å². The molecule has 6 nitrogen and oxygen atoms in total. The van der Waals surface area contributed by atoms with E-state index in [-0.39, 0.29) is 29.3 Å². The van der Waals surface area contributed by atoms with Crippen LogP contribution in [0, 0.1) is 23.6 Å². The van der Waals surface area contributed by atoms with Gasteiger partial charge < -0.3 is 9.84 Å². The van der Waals surface area contributed by atoms with Gasteiger partial charge in [-0.05, 0) is 37.1 Å². The minimum atomic E-state index is -3.98. The van der Waals surface area contributed by atoms with Crippen LogP contribution in [0.15, 0.2) is 41.4 Å².